The highest BCUT2D eigenvalue weighted by Gasteiger charge is 2.40. The van der Waals surface area contributed by atoms with Crippen LogP contribution in [0.1, 0.15) is 71.3 Å². The first-order valence-corrected chi connectivity index (χ1v) is 14.3. The Morgan fingerprint density at radius 1 is 1.13 bits per heavy atom. The van der Waals surface area contributed by atoms with Crippen molar-refractivity contribution < 1.29 is 14.0 Å². The molecule has 1 fully saturated rings. The zero-order valence-corrected chi connectivity index (χ0v) is 20.6. The Morgan fingerprint density at radius 3 is 2.33 bits per heavy atom. The maximum atomic E-state index is 13.0. The molecule has 1 saturated carbocycles. The number of carbonyl (C=O) groups excluding carboxylic acids is 1. The molecule has 1 aliphatic rings. The SMILES string of the molecule is C=CC[C@@H](Cc1ccccc1)OC(=O)CC(O[Si](C)(C)C(C)(C)C)=C1CCCCC1. The molecular formula is C26H40O3Si. The number of benzene rings is 1. The van der Waals surface area contributed by atoms with Gasteiger partial charge in [-0.15, -0.1) is 6.58 Å². The Morgan fingerprint density at radius 2 is 1.77 bits per heavy atom. The van der Waals surface area contributed by atoms with Gasteiger partial charge in [-0.3, -0.25) is 4.79 Å². The van der Waals surface area contributed by atoms with Crippen molar-refractivity contribution in [3.63, 3.8) is 0 Å². The first-order chi connectivity index (χ1) is 14.1. The molecule has 0 radical (unpaired) electrons. The van der Waals surface area contributed by atoms with Crippen LogP contribution >= 0.6 is 0 Å². The molecule has 1 atom stereocenters. The fraction of sp³-hybridized carbons (Fsp3) is 0.577. The number of hydrogen-bond donors (Lipinski definition) is 0. The Balaban J connectivity index is 2.13. The van der Waals surface area contributed by atoms with E-state index in [-0.39, 0.29) is 23.5 Å². The fourth-order valence-corrected chi connectivity index (χ4v) is 4.69. The Labute approximate surface area is 184 Å². The summed E-state index contributed by atoms with van der Waals surface area (Å²) < 4.78 is 12.6. The zero-order chi connectivity index (χ0) is 22.2. The van der Waals surface area contributed by atoms with E-state index in [2.05, 4.69) is 52.6 Å². The molecule has 0 saturated heterocycles. The van der Waals surface area contributed by atoms with Crippen molar-refractivity contribution in [3.8, 4) is 0 Å². The smallest absolute Gasteiger partial charge is 0.313 e. The second-order valence-corrected chi connectivity index (χ2v) is 14.7. The highest BCUT2D eigenvalue weighted by Crippen LogP contribution is 2.40. The van der Waals surface area contributed by atoms with Crippen LogP contribution in [0.3, 0.4) is 0 Å². The molecule has 2 rings (SSSR count). The van der Waals surface area contributed by atoms with Gasteiger partial charge in [-0.05, 0) is 55.0 Å². The molecule has 0 bridgehead atoms. The van der Waals surface area contributed by atoms with Crippen molar-refractivity contribution in [1.29, 1.82) is 0 Å². The highest BCUT2D eigenvalue weighted by atomic mass is 28.4. The fourth-order valence-electron chi connectivity index (χ4n) is 3.55. The summed E-state index contributed by atoms with van der Waals surface area (Å²) in [5, 5.41) is 0.0933. The van der Waals surface area contributed by atoms with Crippen molar-refractivity contribution in [3.05, 3.63) is 59.9 Å². The summed E-state index contributed by atoms with van der Waals surface area (Å²) in [5.41, 5.74) is 2.49. The molecule has 0 amide bonds. The van der Waals surface area contributed by atoms with Gasteiger partial charge in [0.15, 0.2) is 0 Å². The summed E-state index contributed by atoms with van der Waals surface area (Å²) in [4.78, 5) is 13.0. The minimum absolute atomic E-state index is 0.0933. The maximum absolute atomic E-state index is 13.0. The van der Waals surface area contributed by atoms with Crippen molar-refractivity contribution in [2.75, 3.05) is 0 Å². The number of rotatable bonds is 9. The first kappa shape index (κ1) is 24.5. The van der Waals surface area contributed by atoms with Gasteiger partial charge in [0.05, 0.1) is 5.76 Å². The van der Waals surface area contributed by atoms with E-state index in [0.717, 1.165) is 18.6 Å². The number of allylic oxidation sites excluding steroid dienone is 1. The Kier molecular flexibility index (Phi) is 8.96. The van der Waals surface area contributed by atoms with E-state index in [4.69, 9.17) is 9.16 Å². The summed E-state index contributed by atoms with van der Waals surface area (Å²) >= 11 is 0. The van der Waals surface area contributed by atoms with Crippen LogP contribution in [0.4, 0.5) is 0 Å². The van der Waals surface area contributed by atoms with Crippen LogP contribution < -0.4 is 0 Å². The number of ether oxygens (including phenoxy) is 1. The predicted molar refractivity (Wildman–Crippen MR) is 128 cm³/mol. The van der Waals surface area contributed by atoms with Gasteiger partial charge in [-0.25, -0.2) is 0 Å². The van der Waals surface area contributed by atoms with E-state index >= 15 is 0 Å². The third kappa shape index (κ3) is 7.46. The Hall–Kier alpha value is -1.81. The van der Waals surface area contributed by atoms with Crippen LogP contribution in [-0.2, 0) is 20.4 Å². The van der Waals surface area contributed by atoms with Gasteiger partial charge in [0, 0.05) is 12.8 Å². The molecule has 1 aromatic rings. The van der Waals surface area contributed by atoms with Crippen LogP contribution in [0.25, 0.3) is 0 Å². The molecule has 0 heterocycles. The van der Waals surface area contributed by atoms with E-state index < -0.39 is 8.32 Å². The molecule has 0 spiro atoms. The third-order valence-electron chi connectivity index (χ3n) is 6.37. The van der Waals surface area contributed by atoms with Crippen LogP contribution in [0.2, 0.25) is 18.1 Å². The lowest BCUT2D eigenvalue weighted by atomic mass is 9.93. The normalized spacial score (nSPS) is 16.0. The molecule has 0 aromatic heterocycles. The summed E-state index contributed by atoms with van der Waals surface area (Å²) in [6.07, 6.45) is 8.93. The molecule has 0 N–H and O–H groups in total. The molecule has 166 valence electrons. The average Bonchev–Trinajstić information content (AvgIpc) is 2.68. The summed E-state index contributed by atoms with van der Waals surface area (Å²) in [7, 11) is -2.02. The first-order valence-electron chi connectivity index (χ1n) is 11.4. The second kappa shape index (κ2) is 11.0. The number of esters is 1. The topological polar surface area (TPSA) is 35.5 Å². The lowest BCUT2D eigenvalue weighted by Crippen LogP contribution is -2.41. The minimum atomic E-state index is -2.02. The van der Waals surface area contributed by atoms with Crippen molar-refractivity contribution in [1.82, 2.24) is 0 Å². The average molecular weight is 429 g/mol. The number of carbonyl (C=O) groups is 1. The third-order valence-corrected chi connectivity index (χ3v) is 10.7. The molecule has 0 unspecified atom stereocenters. The highest BCUT2D eigenvalue weighted by molar-refractivity contribution is 6.74. The number of hydrogen-bond acceptors (Lipinski definition) is 3. The van der Waals surface area contributed by atoms with E-state index in [9.17, 15) is 4.79 Å². The summed E-state index contributed by atoms with van der Waals surface area (Å²) in [6, 6.07) is 10.2. The molecule has 0 aliphatic heterocycles. The predicted octanol–water partition coefficient (Wildman–Crippen LogP) is 7.35. The van der Waals surface area contributed by atoms with Crippen molar-refractivity contribution >= 4 is 14.3 Å². The Bertz CT molecular complexity index is 720. The van der Waals surface area contributed by atoms with Gasteiger partial charge in [-0.2, -0.15) is 0 Å². The largest absolute Gasteiger partial charge is 0.546 e. The summed E-state index contributed by atoms with van der Waals surface area (Å²) in [6.45, 7) is 15.0. The van der Waals surface area contributed by atoms with Crippen LogP contribution in [0.15, 0.2) is 54.3 Å². The molecule has 3 nitrogen and oxygen atoms in total. The van der Waals surface area contributed by atoms with Gasteiger partial charge < -0.3 is 9.16 Å². The van der Waals surface area contributed by atoms with Crippen LogP contribution in [0.5, 0.6) is 0 Å². The molecule has 30 heavy (non-hydrogen) atoms. The zero-order valence-electron chi connectivity index (χ0n) is 19.6. The van der Waals surface area contributed by atoms with Gasteiger partial charge in [0.25, 0.3) is 0 Å². The minimum Gasteiger partial charge on any atom is -0.546 e. The monoisotopic (exact) mass is 428 g/mol. The molecule has 1 aliphatic carbocycles. The molecule has 4 heteroatoms. The lowest BCUT2D eigenvalue weighted by Gasteiger charge is -2.38. The van der Waals surface area contributed by atoms with Gasteiger partial charge in [0.1, 0.15) is 12.5 Å². The van der Waals surface area contributed by atoms with Gasteiger partial charge in [0.2, 0.25) is 8.32 Å². The van der Waals surface area contributed by atoms with E-state index in [1.807, 2.05) is 24.3 Å². The van der Waals surface area contributed by atoms with Gasteiger partial charge >= 0.3 is 5.97 Å². The maximum Gasteiger partial charge on any atom is 0.313 e. The van der Waals surface area contributed by atoms with Crippen molar-refractivity contribution in [2.45, 2.75) is 96.4 Å². The van der Waals surface area contributed by atoms with Crippen LogP contribution in [0, 0.1) is 0 Å². The summed E-state index contributed by atoms with van der Waals surface area (Å²) in [5.74, 6) is 0.702. The quantitative estimate of drug-likeness (QED) is 0.178. The standard InChI is InChI=1S/C26H40O3Si/c1-7-14-23(19-21-15-10-8-11-16-21)28-25(27)20-24(22-17-12-9-13-18-22)29-30(5,6)26(2,3)4/h7-8,10-11,15-16,23H,1,9,12-14,17-20H2,2-6H3/t23-/m0/s1. The molecule has 1 aromatic carbocycles. The van der Waals surface area contributed by atoms with E-state index in [1.54, 1.807) is 0 Å². The lowest BCUT2D eigenvalue weighted by molar-refractivity contribution is -0.148. The molecular weight excluding hydrogens is 388 g/mol. The van der Waals surface area contributed by atoms with E-state index in [0.29, 0.717) is 12.8 Å². The van der Waals surface area contributed by atoms with Crippen molar-refractivity contribution in [2.24, 2.45) is 0 Å². The van der Waals surface area contributed by atoms with Gasteiger partial charge in [-0.1, -0.05) is 63.6 Å². The van der Waals surface area contributed by atoms with E-state index in [1.165, 1.54) is 30.4 Å². The second-order valence-electron chi connectivity index (χ2n) is 9.95. The van der Waals surface area contributed by atoms with Crippen LogP contribution in [-0.4, -0.2) is 20.4 Å².